The number of nitrogens with zero attached hydrogens (tertiary/aromatic N) is 1. The fourth-order valence-electron chi connectivity index (χ4n) is 4.94. The van der Waals surface area contributed by atoms with Crippen LogP contribution >= 0.6 is 12.4 Å². The molecule has 0 spiro atoms. The molecule has 5 heteroatoms. The molecule has 0 radical (unpaired) electrons. The van der Waals surface area contributed by atoms with E-state index in [-0.39, 0.29) is 18.4 Å². The van der Waals surface area contributed by atoms with Gasteiger partial charge < -0.3 is 15.0 Å². The fraction of sp³-hybridized carbons (Fsp3) is 0.650. The Morgan fingerprint density at radius 2 is 1.84 bits per heavy atom. The predicted octanol–water partition coefficient (Wildman–Crippen LogP) is 3.70. The number of ether oxygens (including phenoxy) is 1. The molecule has 2 bridgehead atoms. The van der Waals surface area contributed by atoms with Crippen molar-refractivity contribution in [3.8, 4) is 5.75 Å². The Kier molecular flexibility index (Phi) is 5.90. The minimum absolute atomic E-state index is 0. The highest BCUT2D eigenvalue weighted by atomic mass is 35.5. The maximum Gasteiger partial charge on any atom is 0.223 e. The number of carbonyl (C=O) groups excluding carboxylic acids is 1. The van der Waals surface area contributed by atoms with Gasteiger partial charge in [-0.2, -0.15) is 0 Å². The molecule has 3 saturated heterocycles. The highest BCUT2D eigenvalue weighted by molar-refractivity contribution is 5.85. The molecule has 3 fully saturated rings. The van der Waals surface area contributed by atoms with E-state index in [1.165, 1.54) is 31.2 Å². The number of carbonyl (C=O) groups is 1. The van der Waals surface area contributed by atoms with Crippen molar-refractivity contribution in [2.45, 2.75) is 63.1 Å². The Hall–Kier alpha value is -1.26. The van der Waals surface area contributed by atoms with Crippen molar-refractivity contribution in [3.63, 3.8) is 0 Å². The summed E-state index contributed by atoms with van der Waals surface area (Å²) in [5.41, 5.74) is 1.24. The maximum atomic E-state index is 12.9. The number of hydrogen-bond acceptors (Lipinski definition) is 3. The monoisotopic (exact) mass is 364 g/mol. The lowest BCUT2D eigenvalue weighted by Crippen LogP contribution is -2.40. The number of fused-ring (bicyclic) bond motifs is 2. The summed E-state index contributed by atoms with van der Waals surface area (Å²) < 4.78 is 5.25. The van der Waals surface area contributed by atoms with Crippen LogP contribution < -0.4 is 10.1 Å². The topological polar surface area (TPSA) is 41.6 Å². The minimum atomic E-state index is 0. The maximum absolute atomic E-state index is 12.9. The van der Waals surface area contributed by atoms with Gasteiger partial charge in [-0.3, -0.25) is 4.79 Å². The average Bonchev–Trinajstić information content (AvgIpc) is 3.22. The van der Waals surface area contributed by atoms with E-state index in [9.17, 15) is 4.79 Å². The molecule has 3 unspecified atom stereocenters. The average molecular weight is 365 g/mol. The Bertz CT molecular complexity index is 580. The molecule has 25 heavy (non-hydrogen) atoms. The summed E-state index contributed by atoms with van der Waals surface area (Å²) in [5, 5.41) is 3.67. The van der Waals surface area contributed by atoms with E-state index in [0.29, 0.717) is 23.9 Å². The van der Waals surface area contributed by atoms with Crippen molar-refractivity contribution in [2.24, 2.45) is 5.92 Å². The number of methoxy groups -OCH3 is 1. The summed E-state index contributed by atoms with van der Waals surface area (Å²) in [4.78, 5) is 15.1. The third-order valence-electron chi connectivity index (χ3n) is 6.11. The molecule has 0 aromatic heterocycles. The van der Waals surface area contributed by atoms with Crippen LogP contribution in [-0.2, 0) is 4.79 Å². The van der Waals surface area contributed by atoms with Crippen molar-refractivity contribution in [2.75, 3.05) is 13.7 Å². The molecule has 1 aromatic carbocycles. The molecule has 4 rings (SSSR count). The Labute approximate surface area is 156 Å². The van der Waals surface area contributed by atoms with Gasteiger partial charge in [-0.25, -0.2) is 0 Å². The molecule has 4 nitrogen and oxygen atoms in total. The first kappa shape index (κ1) is 18.5. The molecule has 138 valence electrons. The minimum Gasteiger partial charge on any atom is -0.497 e. The fourth-order valence-corrected chi connectivity index (χ4v) is 4.94. The molecule has 1 amide bonds. The third kappa shape index (κ3) is 3.95. The number of halogens is 1. The van der Waals surface area contributed by atoms with Gasteiger partial charge in [0.25, 0.3) is 0 Å². The van der Waals surface area contributed by atoms with E-state index in [1.54, 1.807) is 7.11 Å². The first-order valence-corrected chi connectivity index (χ1v) is 9.42. The molecule has 3 heterocycles. The number of benzene rings is 1. The van der Waals surface area contributed by atoms with Gasteiger partial charge in [0, 0.05) is 25.0 Å². The number of amides is 1. The van der Waals surface area contributed by atoms with Gasteiger partial charge in [0.2, 0.25) is 5.91 Å². The zero-order valence-electron chi connectivity index (χ0n) is 14.9. The second kappa shape index (κ2) is 7.96. The van der Waals surface area contributed by atoms with Crippen molar-refractivity contribution in [1.82, 2.24) is 10.2 Å². The number of rotatable bonds is 4. The molecule has 1 N–H and O–H groups in total. The first-order chi connectivity index (χ1) is 11.7. The third-order valence-corrected chi connectivity index (χ3v) is 6.11. The molecule has 1 aromatic rings. The Morgan fingerprint density at radius 3 is 2.48 bits per heavy atom. The zero-order valence-corrected chi connectivity index (χ0v) is 15.8. The van der Waals surface area contributed by atoms with E-state index < -0.39 is 0 Å². The van der Waals surface area contributed by atoms with Crippen LogP contribution in [0.1, 0.15) is 56.6 Å². The standard InChI is InChI=1S/C20H28N2O2.ClH/c1-24-18-8-4-15(5-9-18)19-3-2-10-22(19)20(23)13-14-11-16-6-7-17(12-14)21-16;/h4-5,8-9,14,16-17,19,21H,2-3,6-7,10-13H2,1H3;1H. The van der Waals surface area contributed by atoms with Gasteiger partial charge in [0.1, 0.15) is 5.75 Å². The van der Waals surface area contributed by atoms with E-state index in [0.717, 1.165) is 31.6 Å². The number of nitrogens with one attached hydrogen (secondary N) is 1. The van der Waals surface area contributed by atoms with E-state index in [2.05, 4.69) is 22.3 Å². The van der Waals surface area contributed by atoms with Crippen LogP contribution in [0.3, 0.4) is 0 Å². The summed E-state index contributed by atoms with van der Waals surface area (Å²) in [6, 6.07) is 9.80. The van der Waals surface area contributed by atoms with Crippen LogP contribution in [0.15, 0.2) is 24.3 Å². The van der Waals surface area contributed by atoms with Gasteiger partial charge in [-0.05, 0) is 62.1 Å². The first-order valence-electron chi connectivity index (χ1n) is 9.42. The summed E-state index contributed by atoms with van der Waals surface area (Å²) in [7, 11) is 1.69. The molecular formula is C20H29ClN2O2. The van der Waals surface area contributed by atoms with E-state index >= 15 is 0 Å². The molecule has 0 aliphatic carbocycles. The number of hydrogen-bond donors (Lipinski definition) is 1. The lowest BCUT2D eigenvalue weighted by atomic mass is 9.89. The zero-order chi connectivity index (χ0) is 16.5. The van der Waals surface area contributed by atoms with Crippen LogP contribution in [0.2, 0.25) is 0 Å². The normalized spacial score (nSPS) is 30.8. The SMILES string of the molecule is COc1ccc(C2CCCN2C(=O)CC2CC3CCC(C2)N3)cc1.Cl. The van der Waals surface area contributed by atoms with Crippen molar-refractivity contribution in [1.29, 1.82) is 0 Å². The molecule has 3 aliphatic heterocycles. The van der Waals surface area contributed by atoms with Gasteiger partial charge >= 0.3 is 0 Å². The van der Waals surface area contributed by atoms with Crippen molar-refractivity contribution >= 4 is 18.3 Å². The molecular weight excluding hydrogens is 336 g/mol. The van der Waals surface area contributed by atoms with Crippen LogP contribution in [-0.4, -0.2) is 36.5 Å². The lowest BCUT2D eigenvalue weighted by Gasteiger charge is -2.31. The second-order valence-electron chi connectivity index (χ2n) is 7.70. The summed E-state index contributed by atoms with van der Waals surface area (Å²) in [6.45, 7) is 0.910. The number of likely N-dealkylation sites (tertiary alicyclic amines) is 1. The lowest BCUT2D eigenvalue weighted by molar-refractivity contribution is -0.133. The predicted molar refractivity (Wildman–Crippen MR) is 101 cm³/mol. The van der Waals surface area contributed by atoms with Crippen LogP contribution in [0.5, 0.6) is 5.75 Å². The number of piperidine rings is 1. The van der Waals surface area contributed by atoms with Crippen LogP contribution in [0, 0.1) is 5.92 Å². The van der Waals surface area contributed by atoms with Gasteiger partial charge in [-0.15, -0.1) is 12.4 Å². The van der Waals surface area contributed by atoms with E-state index in [1.807, 2.05) is 12.1 Å². The quantitative estimate of drug-likeness (QED) is 0.885. The van der Waals surface area contributed by atoms with Gasteiger partial charge in [0.05, 0.1) is 13.2 Å². The van der Waals surface area contributed by atoms with Crippen LogP contribution in [0.25, 0.3) is 0 Å². The highest BCUT2D eigenvalue weighted by Gasteiger charge is 2.36. The smallest absolute Gasteiger partial charge is 0.223 e. The van der Waals surface area contributed by atoms with E-state index in [4.69, 9.17) is 4.74 Å². The highest BCUT2D eigenvalue weighted by Crippen LogP contribution is 2.36. The van der Waals surface area contributed by atoms with Gasteiger partial charge in [-0.1, -0.05) is 12.1 Å². The molecule has 3 aliphatic rings. The summed E-state index contributed by atoms with van der Waals surface area (Å²) in [5.74, 6) is 1.81. The largest absolute Gasteiger partial charge is 0.497 e. The van der Waals surface area contributed by atoms with Crippen LogP contribution in [0.4, 0.5) is 0 Å². The Morgan fingerprint density at radius 1 is 1.16 bits per heavy atom. The molecule has 3 atom stereocenters. The van der Waals surface area contributed by atoms with Crippen molar-refractivity contribution < 1.29 is 9.53 Å². The van der Waals surface area contributed by atoms with Crippen molar-refractivity contribution in [3.05, 3.63) is 29.8 Å². The summed E-state index contributed by atoms with van der Waals surface area (Å²) >= 11 is 0. The second-order valence-corrected chi connectivity index (χ2v) is 7.70. The summed E-state index contributed by atoms with van der Waals surface area (Å²) in [6.07, 6.45) is 7.89. The Balaban J connectivity index is 0.00000182. The van der Waals surface area contributed by atoms with Gasteiger partial charge in [0.15, 0.2) is 0 Å². The molecule has 0 saturated carbocycles.